The van der Waals surface area contributed by atoms with Crippen molar-refractivity contribution in [2.75, 3.05) is 0 Å². The van der Waals surface area contributed by atoms with E-state index in [4.69, 9.17) is 4.42 Å². The minimum atomic E-state index is -0.316. The van der Waals surface area contributed by atoms with E-state index < -0.39 is 0 Å². The topological polar surface area (TPSA) is 30.2 Å². The third-order valence-corrected chi connectivity index (χ3v) is 1.46. The van der Waals surface area contributed by atoms with Crippen molar-refractivity contribution in [3.8, 4) is 0 Å². The number of furan rings is 1. The summed E-state index contributed by atoms with van der Waals surface area (Å²) >= 11 is 0. The van der Waals surface area contributed by atoms with Crippen LogP contribution < -0.4 is 0 Å². The molecule has 0 spiro atoms. The molecule has 0 atom stereocenters. The maximum absolute atomic E-state index is 11.5. The summed E-state index contributed by atoms with van der Waals surface area (Å²) in [5.41, 5.74) is 0.335. The van der Waals surface area contributed by atoms with Crippen LogP contribution in [0.3, 0.4) is 0 Å². The number of ketones is 1. The van der Waals surface area contributed by atoms with Gasteiger partial charge in [-0.2, -0.15) is 0 Å². The number of hydrogen-bond donors (Lipinski definition) is 0. The van der Waals surface area contributed by atoms with Crippen LogP contribution in [0.15, 0.2) is 23.0 Å². The Morgan fingerprint density at radius 1 is 1.45 bits per heavy atom. The average molecular weight is 152 g/mol. The summed E-state index contributed by atoms with van der Waals surface area (Å²) in [7, 11) is 0. The van der Waals surface area contributed by atoms with Gasteiger partial charge in [-0.15, -0.1) is 0 Å². The van der Waals surface area contributed by atoms with Gasteiger partial charge in [-0.05, 0) is 6.07 Å². The predicted octanol–water partition coefficient (Wildman–Crippen LogP) is 2.51. The van der Waals surface area contributed by atoms with Crippen molar-refractivity contribution in [1.29, 1.82) is 0 Å². The molecule has 0 saturated heterocycles. The zero-order valence-corrected chi connectivity index (χ0v) is 7.05. The Kier molecular flexibility index (Phi) is 1.85. The highest BCUT2D eigenvalue weighted by atomic mass is 16.3. The van der Waals surface area contributed by atoms with Gasteiger partial charge in [0.25, 0.3) is 0 Å². The molecule has 0 aliphatic heterocycles. The molecule has 2 nitrogen and oxygen atoms in total. The molecular weight excluding hydrogens is 140 g/mol. The molecule has 1 aromatic heterocycles. The van der Waals surface area contributed by atoms with Gasteiger partial charge in [-0.3, -0.25) is 4.79 Å². The molecule has 1 aromatic rings. The Morgan fingerprint density at radius 3 is 2.45 bits per heavy atom. The zero-order chi connectivity index (χ0) is 8.48. The molecule has 0 saturated carbocycles. The lowest BCUT2D eigenvalue weighted by Gasteiger charge is -2.14. The van der Waals surface area contributed by atoms with Gasteiger partial charge in [-0.1, -0.05) is 20.8 Å². The Bertz CT molecular complexity index is 239. The molecule has 0 unspecified atom stereocenters. The first kappa shape index (κ1) is 8.05. The summed E-state index contributed by atoms with van der Waals surface area (Å²) in [6.07, 6.45) is 2.99. The van der Waals surface area contributed by atoms with Crippen LogP contribution in [0.2, 0.25) is 0 Å². The molecule has 60 valence electrons. The van der Waals surface area contributed by atoms with Crippen molar-refractivity contribution < 1.29 is 9.21 Å². The smallest absolute Gasteiger partial charge is 0.171 e. The normalized spacial score (nSPS) is 11.5. The molecule has 0 aliphatic carbocycles. The van der Waals surface area contributed by atoms with Crippen LogP contribution in [0.1, 0.15) is 31.1 Å². The lowest BCUT2D eigenvalue weighted by Crippen LogP contribution is -2.19. The van der Waals surface area contributed by atoms with E-state index in [9.17, 15) is 4.79 Å². The summed E-state index contributed by atoms with van der Waals surface area (Å²) < 4.78 is 4.81. The molecule has 0 aromatic carbocycles. The second kappa shape index (κ2) is 2.53. The highest BCUT2D eigenvalue weighted by molar-refractivity contribution is 5.99. The summed E-state index contributed by atoms with van der Waals surface area (Å²) in [6.45, 7) is 5.67. The van der Waals surface area contributed by atoms with Crippen LogP contribution in [0.25, 0.3) is 0 Å². The molecule has 0 radical (unpaired) electrons. The van der Waals surface area contributed by atoms with Gasteiger partial charge in [0.05, 0.1) is 11.8 Å². The summed E-state index contributed by atoms with van der Waals surface area (Å²) in [5.74, 6) is 0.117. The summed E-state index contributed by atoms with van der Waals surface area (Å²) in [4.78, 5) is 11.5. The van der Waals surface area contributed by atoms with Gasteiger partial charge < -0.3 is 4.42 Å². The van der Waals surface area contributed by atoms with Crippen molar-refractivity contribution in [3.63, 3.8) is 0 Å². The van der Waals surface area contributed by atoms with Crippen molar-refractivity contribution in [1.82, 2.24) is 0 Å². The number of Topliss-reactive ketones (excluding diaryl/α,β-unsaturated/α-hetero) is 1. The first-order valence-electron chi connectivity index (χ1n) is 3.59. The molecule has 0 aliphatic rings. The van der Waals surface area contributed by atoms with Crippen LogP contribution in [0.5, 0.6) is 0 Å². The maximum atomic E-state index is 11.5. The van der Waals surface area contributed by atoms with Gasteiger partial charge in [-0.25, -0.2) is 0 Å². The highest BCUT2D eigenvalue weighted by Gasteiger charge is 2.23. The van der Waals surface area contributed by atoms with Crippen molar-refractivity contribution in [2.24, 2.45) is 5.41 Å². The lowest BCUT2D eigenvalue weighted by molar-refractivity contribution is 0.0857. The first-order valence-corrected chi connectivity index (χ1v) is 3.59. The quantitative estimate of drug-likeness (QED) is 0.579. The molecule has 11 heavy (non-hydrogen) atoms. The van der Waals surface area contributed by atoms with Crippen molar-refractivity contribution in [3.05, 3.63) is 24.2 Å². The fraction of sp³-hybridized carbons (Fsp3) is 0.444. The number of hydrogen-bond acceptors (Lipinski definition) is 2. The molecule has 2 heteroatoms. The SMILES string of the molecule is CC(C)(C)C(=O)c1ccoc1. The lowest BCUT2D eigenvalue weighted by atomic mass is 9.88. The Hall–Kier alpha value is -1.05. The molecule has 0 fully saturated rings. The zero-order valence-electron chi connectivity index (χ0n) is 7.05. The monoisotopic (exact) mass is 152 g/mol. The van der Waals surface area contributed by atoms with Gasteiger partial charge in [0.2, 0.25) is 0 Å². The van der Waals surface area contributed by atoms with E-state index in [-0.39, 0.29) is 11.2 Å². The van der Waals surface area contributed by atoms with Crippen LogP contribution in [0, 0.1) is 5.41 Å². The van der Waals surface area contributed by atoms with E-state index in [2.05, 4.69) is 0 Å². The molecule has 0 amide bonds. The largest absolute Gasteiger partial charge is 0.472 e. The third-order valence-electron chi connectivity index (χ3n) is 1.46. The fourth-order valence-electron chi connectivity index (χ4n) is 0.827. The maximum Gasteiger partial charge on any atom is 0.171 e. The van der Waals surface area contributed by atoms with E-state index >= 15 is 0 Å². The molecule has 1 heterocycles. The Labute approximate surface area is 66.2 Å². The summed E-state index contributed by atoms with van der Waals surface area (Å²) in [6, 6.07) is 1.69. The third kappa shape index (κ3) is 1.70. The Balaban J connectivity index is 2.88. The van der Waals surface area contributed by atoms with E-state index in [0.29, 0.717) is 5.56 Å². The van der Waals surface area contributed by atoms with Crippen molar-refractivity contribution >= 4 is 5.78 Å². The van der Waals surface area contributed by atoms with Crippen LogP contribution in [-0.2, 0) is 0 Å². The highest BCUT2D eigenvalue weighted by Crippen LogP contribution is 2.20. The van der Waals surface area contributed by atoms with Gasteiger partial charge >= 0.3 is 0 Å². The number of carbonyl (C=O) groups excluding carboxylic acids is 1. The molecule has 1 rings (SSSR count). The van der Waals surface area contributed by atoms with E-state index in [1.807, 2.05) is 20.8 Å². The molecule has 0 N–H and O–H groups in total. The van der Waals surface area contributed by atoms with Crippen LogP contribution in [-0.4, -0.2) is 5.78 Å². The minimum Gasteiger partial charge on any atom is -0.472 e. The van der Waals surface area contributed by atoms with E-state index in [0.717, 1.165) is 0 Å². The fourth-order valence-corrected chi connectivity index (χ4v) is 0.827. The van der Waals surface area contributed by atoms with Crippen molar-refractivity contribution in [2.45, 2.75) is 20.8 Å². The second-order valence-electron chi connectivity index (χ2n) is 3.59. The van der Waals surface area contributed by atoms with Crippen LogP contribution >= 0.6 is 0 Å². The average Bonchev–Trinajstić information content (AvgIpc) is 2.34. The predicted molar refractivity (Wildman–Crippen MR) is 42.5 cm³/mol. The van der Waals surface area contributed by atoms with E-state index in [1.165, 1.54) is 12.5 Å². The number of carbonyl (C=O) groups is 1. The van der Waals surface area contributed by atoms with Gasteiger partial charge in [0.1, 0.15) is 6.26 Å². The van der Waals surface area contributed by atoms with E-state index in [1.54, 1.807) is 6.07 Å². The number of rotatable bonds is 1. The standard InChI is InChI=1S/C9H12O2/c1-9(2,3)8(10)7-4-5-11-6-7/h4-6H,1-3H3. The molecular formula is C9H12O2. The summed E-state index contributed by atoms with van der Waals surface area (Å²) in [5, 5.41) is 0. The van der Waals surface area contributed by atoms with Crippen LogP contribution in [0.4, 0.5) is 0 Å². The Morgan fingerprint density at radius 2 is 2.09 bits per heavy atom. The first-order chi connectivity index (χ1) is 5.02. The second-order valence-corrected chi connectivity index (χ2v) is 3.59. The molecule has 0 bridgehead atoms. The van der Waals surface area contributed by atoms with Gasteiger partial charge in [0, 0.05) is 5.41 Å². The minimum absolute atomic E-state index is 0.117. The van der Waals surface area contributed by atoms with Gasteiger partial charge in [0.15, 0.2) is 5.78 Å².